The molecule has 0 aliphatic rings. The Hall–Kier alpha value is -1.88. The molecule has 0 saturated heterocycles. The summed E-state index contributed by atoms with van der Waals surface area (Å²) in [5.41, 5.74) is 8.09. The molecule has 1 heterocycles. The summed E-state index contributed by atoms with van der Waals surface area (Å²) in [4.78, 5) is 16.5. The van der Waals surface area contributed by atoms with E-state index in [1.165, 1.54) is 0 Å². The van der Waals surface area contributed by atoms with Crippen LogP contribution in [0, 0.1) is 5.92 Å². The van der Waals surface area contributed by atoms with Crippen molar-refractivity contribution in [2.75, 3.05) is 5.32 Å². The number of nitrogens with zero attached hydrogens (tertiary/aromatic N) is 1. The van der Waals surface area contributed by atoms with Crippen molar-refractivity contribution in [1.29, 1.82) is 0 Å². The number of oxazole rings is 1. The largest absolute Gasteiger partial charge is 0.440 e. The highest BCUT2D eigenvalue weighted by atomic mass is 16.3. The predicted molar refractivity (Wildman–Crippen MR) is 84.2 cm³/mol. The topological polar surface area (TPSA) is 81.2 Å². The summed E-state index contributed by atoms with van der Waals surface area (Å²) < 4.78 is 5.64. The second-order valence-corrected chi connectivity index (χ2v) is 5.79. The van der Waals surface area contributed by atoms with Gasteiger partial charge in [0, 0.05) is 11.6 Å². The molecule has 1 aromatic heterocycles. The van der Waals surface area contributed by atoms with Crippen LogP contribution in [0.2, 0.25) is 0 Å². The molecule has 0 saturated carbocycles. The number of anilines is 1. The summed E-state index contributed by atoms with van der Waals surface area (Å²) in [6.07, 6.45) is 0.870. The van der Waals surface area contributed by atoms with Crippen LogP contribution in [0.1, 0.15) is 45.9 Å². The van der Waals surface area contributed by atoms with Gasteiger partial charge in [0.1, 0.15) is 5.52 Å². The molecular weight excluding hydrogens is 266 g/mol. The number of carbonyl (C=O) groups is 1. The lowest BCUT2D eigenvalue weighted by atomic mass is 9.99. The third kappa shape index (κ3) is 3.42. The van der Waals surface area contributed by atoms with E-state index in [2.05, 4.69) is 10.3 Å². The SMILES string of the molecule is CCC(C)C(N)C(=O)Nc1ccc2oc(C(C)C)nc2c1. The van der Waals surface area contributed by atoms with Crippen molar-refractivity contribution in [3.63, 3.8) is 0 Å². The van der Waals surface area contributed by atoms with Crippen LogP contribution in [0.3, 0.4) is 0 Å². The lowest BCUT2D eigenvalue weighted by molar-refractivity contribution is -0.118. The summed E-state index contributed by atoms with van der Waals surface area (Å²) in [5, 5.41) is 2.84. The van der Waals surface area contributed by atoms with Crippen molar-refractivity contribution in [3.05, 3.63) is 24.1 Å². The number of benzene rings is 1. The number of rotatable bonds is 5. The van der Waals surface area contributed by atoms with Crippen molar-refractivity contribution in [1.82, 2.24) is 4.98 Å². The molecule has 1 amide bonds. The molecular formula is C16H23N3O2. The van der Waals surface area contributed by atoms with Crippen LogP contribution < -0.4 is 11.1 Å². The first kappa shape index (κ1) is 15.5. The standard InChI is InChI=1S/C16H23N3O2/c1-5-10(4)14(17)15(20)18-11-6-7-13-12(8-11)19-16(21-13)9(2)3/h6-10,14H,5,17H2,1-4H3,(H,18,20). The minimum atomic E-state index is -0.505. The average Bonchev–Trinajstić information content (AvgIpc) is 2.89. The van der Waals surface area contributed by atoms with E-state index in [1.807, 2.05) is 39.8 Å². The molecule has 2 unspecified atom stereocenters. The molecule has 3 N–H and O–H groups in total. The van der Waals surface area contributed by atoms with Crippen molar-refractivity contribution >= 4 is 22.7 Å². The third-order valence-corrected chi connectivity index (χ3v) is 3.73. The number of fused-ring (bicyclic) bond motifs is 1. The van der Waals surface area contributed by atoms with Gasteiger partial charge < -0.3 is 15.5 Å². The van der Waals surface area contributed by atoms with Crippen LogP contribution >= 0.6 is 0 Å². The number of amides is 1. The zero-order valence-electron chi connectivity index (χ0n) is 13.0. The Morgan fingerprint density at radius 3 is 2.71 bits per heavy atom. The first-order chi connectivity index (χ1) is 9.92. The lowest BCUT2D eigenvalue weighted by Crippen LogP contribution is -2.40. The molecule has 0 aliphatic heterocycles. The van der Waals surface area contributed by atoms with Crippen LogP contribution in [0.5, 0.6) is 0 Å². The number of carbonyl (C=O) groups excluding carboxylic acids is 1. The highest BCUT2D eigenvalue weighted by molar-refractivity contribution is 5.96. The fourth-order valence-corrected chi connectivity index (χ4v) is 2.01. The van der Waals surface area contributed by atoms with E-state index in [0.717, 1.165) is 17.5 Å². The molecule has 114 valence electrons. The fourth-order valence-electron chi connectivity index (χ4n) is 2.01. The van der Waals surface area contributed by atoms with Gasteiger partial charge in [-0.2, -0.15) is 0 Å². The Labute approximate surface area is 124 Å². The van der Waals surface area contributed by atoms with E-state index in [-0.39, 0.29) is 17.7 Å². The van der Waals surface area contributed by atoms with Crippen molar-refractivity contribution < 1.29 is 9.21 Å². The Morgan fingerprint density at radius 1 is 1.38 bits per heavy atom. The molecule has 0 aliphatic carbocycles. The van der Waals surface area contributed by atoms with Gasteiger partial charge in [-0.1, -0.05) is 34.1 Å². The first-order valence-electron chi connectivity index (χ1n) is 7.39. The van der Waals surface area contributed by atoms with Gasteiger partial charge in [-0.3, -0.25) is 4.79 Å². The maximum absolute atomic E-state index is 12.1. The Kier molecular flexibility index (Phi) is 4.63. The number of nitrogens with two attached hydrogens (primary N) is 1. The van der Waals surface area contributed by atoms with Crippen LogP contribution in [-0.4, -0.2) is 16.9 Å². The van der Waals surface area contributed by atoms with Gasteiger partial charge in [0.25, 0.3) is 0 Å². The molecule has 5 nitrogen and oxygen atoms in total. The monoisotopic (exact) mass is 289 g/mol. The van der Waals surface area contributed by atoms with Crippen molar-refractivity contribution in [3.8, 4) is 0 Å². The zero-order chi connectivity index (χ0) is 15.6. The van der Waals surface area contributed by atoms with E-state index in [1.54, 1.807) is 6.07 Å². The average molecular weight is 289 g/mol. The van der Waals surface area contributed by atoms with Gasteiger partial charge in [0.05, 0.1) is 6.04 Å². The fraction of sp³-hybridized carbons (Fsp3) is 0.500. The maximum atomic E-state index is 12.1. The van der Waals surface area contributed by atoms with E-state index in [0.29, 0.717) is 11.6 Å². The molecule has 0 spiro atoms. The number of aromatic nitrogens is 1. The summed E-state index contributed by atoms with van der Waals surface area (Å²) in [6.45, 7) is 8.05. The Balaban J connectivity index is 2.17. The van der Waals surface area contributed by atoms with Crippen molar-refractivity contribution in [2.24, 2.45) is 11.7 Å². The van der Waals surface area contributed by atoms with Gasteiger partial charge >= 0.3 is 0 Å². The Morgan fingerprint density at radius 2 is 2.10 bits per heavy atom. The van der Waals surface area contributed by atoms with E-state index in [4.69, 9.17) is 10.2 Å². The number of hydrogen-bond donors (Lipinski definition) is 2. The van der Waals surface area contributed by atoms with E-state index < -0.39 is 6.04 Å². The van der Waals surface area contributed by atoms with E-state index in [9.17, 15) is 4.79 Å². The minimum absolute atomic E-state index is 0.147. The number of nitrogens with one attached hydrogen (secondary N) is 1. The first-order valence-corrected chi connectivity index (χ1v) is 7.39. The molecule has 5 heteroatoms. The van der Waals surface area contributed by atoms with Crippen LogP contribution in [0.15, 0.2) is 22.6 Å². The Bertz CT molecular complexity index is 633. The number of hydrogen-bond acceptors (Lipinski definition) is 4. The second kappa shape index (κ2) is 6.26. The smallest absolute Gasteiger partial charge is 0.241 e. The molecule has 2 aromatic rings. The molecule has 2 atom stereocenters. The van der Waals surface area contributed by atoms with Gasteiger partial charge in [-0.25, -0.2) is 4.98 Å². The van der Waals surface area contributed by atoms with Crippen LogP contribution in [-0.2, 0) is 4.79 Å². The van der Waals surface area contributed by atoms with Gasteiger partial charge in [-0.15, -0.1) is 0 Å². The normalized spacial score (nSPS) is 14.4. The molecule has 21 heavy (non-hydrogen) atoms. The van der Waals surface area contributed by atoms with E-state index >= 15 is 0 Å². The molecule has 2 rings (SSSR count). The molecule has 0 bridgehead atoms. The van der Waals surface area contributed by atoms with Crippen LogP contribution in [0.4, 0.5) is 5.69 Å². The summed E-state index contributed by atoms with van der Waals surface area (Å²) >= 11 is 0. The molecule has 0 fully saturated rings. The van der Waals surface area contributed by atoms with Crippen LogP contribution in [0.25, 0.3) is 11.1 Å². The predicted octanol–water partition coefficient (Wildman–Crippen LogP) is 3.26. The maximum Gasteiger partial charge on any atom is 0.241 e. The molecule has 1 aromatic carbocycles. The van der Waals surface area contributed by atoms with Gasteiger partial charge in [0.15, 0.2) is 11.5 Å². The lowest BCUT2D eigenvalue weighted by Gasteiger charge is -2.17. The second-order valence-electron chi connectivity index (χ2n) is 5.79. The van der Waals surface area contributed by atoms with Gasteiger partial charge in [-0.05, 0) is 24.1 Å². The zero-order valence-corrected chi connectivity index (χ0v) is 13.0. The molecule has 0 radical (unpaired) electrons. The summed E-state index contributed by atoms with van der Waals surface area (Å²) in [5.74, 6) is 0.906. The summed E-state index contributed by atoms with van der Waals surface area (Å²) in [7, 11) is 0. The van der Waals surface area contributed by atoms with Gasteiger partial charge in [0.2, 0.25) is 5.91 Å². The summed E-state index contributed by atoms with van der Waals surface area (Å²) in [6, 6.07) is 4.93. The highest BCUT2D eigenvalue weighted by Gasteiger charge is 2.19. The quantitative estimate of drug-likeness (QED) is 0.885. The minimum Gasteiger partial charge on any atom is -0.440 e. The third-order valence-electron chi connectivity index (χ3n) is 3.73. The highest BCUT2D eigenvalue weighted by Crippen LogP contribution is 2.24. The van der Waals surface area contributed by atoms with Crippen molar-refractivity contribution in [2.45, 2.75) is 46.1 Å².